The van der Waals surface area contributed by atoms with Gasteiger partial charge in [-0.3, -0.25) is 4.79 Å². The summed E-state index contributed by atoms with van der Waals surface area (Å²) < 4.78 is 16.9. The Morgan fingerprint density at radius 1 is 1.00 bits per heavy atom. The number of furan rings is 1. The maximum absolute atomic E-state index is 11.9. The Morgan fingerprint density at radius 2 is 1.84 bits per heavy atom. The topological polar surface area (TPSA) is 101 Å². The van der Waals surface area contributed by atoms with Crippen molar-refractivity contribution in [2.45, 2.75) is 26.5 Å². The maximum atomic E-state index is 11.9. The predicted molar refractivity (Wildman–Crippen MR) is 125 cm³/mol. The third-order valence-corrected chi connectivity index (χ3v) is 5.26. The van der Waals surface area contributed by atoms with Crippen LogP contribution in [0, 0.1) is 0 Å². The first-order valence-electron chi connectivity index (χ1n) is 10.5. The molecule has 0 fully saturated rings. The summed E-state index contributed by atoms with van der Waals surface area (Å²) in [6.45, 7) is 2.89. The van der Waals surface area contributed by atoms with Crippen molar-refractivity contribution in [3.05, 3.63) is 83.6 Å². The van der Waals surface area contributed by atoms with E-state index >= 15 is 0 Å². The van der Waals surface area contributed by atoms with Crippen LogP contribution in [0.25, 0.3) is 22.1 Å². The van der Waals surface area contributed by atoms with E-state index in [0.717, 1.165) is 38.8 Å². The summed E-state index contributed by atoms with van der Waals surface area (Å²) in [5.74, 6) is 0.249. The van der Waals surface area contributed by atoms with Crippen LogP contribution in [0.3, 0.4) is 0 Å². The van der Waals surface area contributed by atoms with Crippen molar-refractivity contribution in [2.75, 3.05) is 12.3 Å². The molecule has 1 heterocycles. The second-order valence-corrected chi connectivity index (χ2v) is 7.51. The van der Waals surface area contributed by atoms with Crippen molar-refractivity contribution < 1.29 is 18.7 Å². The Morgan fingerprint density at radius 3 is 2.66 bits per heavy atom. The molecule has 6 heteroatoms. The molecule has 0 saturated carbocycles. The van der Waals surface area contributed by atoms with Crippen molar-refractivity contribution in [3.63, 3.8) is 0 Å². The van der Waals surface area contributed by atoms with Gasteiger partial charge >= 0.3 is 5.97 Å². The van der Waals surface area contributed by atoms with Crippen LogP contribution in [0.1, 0.15) is 23.6 Å². The van der Waals surface area contributed by atoms with Gasteiger partial charge in [-0.1, -0.05) is 30.3 Å². The molecule has 0 aliphatic carbocycles. The first-order valence-corrected chi connectivity index (χ1v) is 10.5. The number of ether oxygens (including phenoxy) is 2. The zero-order valence-corrected chi connectivity index (χ0v) is 18.0. The molecule has 0 aliphatic rings. The number of fused-ring (bicyclic) bond motifs is 1. The number of esters is 1. The fraction of sp³-hybridized carbons (Fsp3) is 0.192. The largest absolute Gasteiger partial charge is 0.488 e. The van der Waals surface area contributed by atoms with Gasteiger partial charge in [-0.2, -0.15) is 0 Å². The van der Waals surface area contributed by atoms with Crippen molar-refractivity contribution in [2.24, 2.45) is 5.73 Å². The van der Waals surface area contributed by atoms with E-state index in [2.05, 4.69) is 18.2 Å². The molecular weight excluding hydrogens is 404 g/mol. The highest BCUT2D eigenvalue weighted by atomic mass is 16.5. The van der Waals surface area contributed by atoms with Crippen LogP contribution in [-0.2, 0) is 29.1 Å². The highest BCUT2D eigenvalue weighted by Gasteiger charge is 2.13. The van der Waals surface area contributed by atoms with Crippen molar-refractivity contribution in [1.82, 2.24) is 0 Å². The summed E-state index contributed by atoms with van der Waals surface area (Å²) in [4.78, 5) is 11.9. The van der Waals surface area contributed by atoms with Crippen LogP contribution in [0.15, 0.2) is 71.3 Å². The number of rotatable bonds is 8. The van der Waals surface area contributed by atoms with Gasteiger partial charge in [-0.25, -0.2) is 0 Å². The van der Waals surface area contributed by atoms with Crippen LogP contribution in [0.2, 0.25) is 0 Å². The van der Waals surface area contributed by atoms with Crippen LogP contribution >= 0.6 is 0 Å². The fourth-order valence-electron chi connectivity index (χ4n) is 3.63. The van der Waals surface area contributed by atoms with E-state index in [1.54, 1.807) is 31.4 Å². The van der Waals surface area contributed by atoms with E-state index in [4.69, 9.17) is 25.4 Å². The summed E-state index contributed by atoms with van der Waals surface area (Å²) in [5, 5.41) is 0.969. The zero-order chi connectivity index (χ0) is 22.5. The third kappa shape index (κ3) is 4.76. The number of anilines is 1. The van der Waals surface area contributed by atoms with Crippen molar-refractivity contribution in [3.8, 4) is 16.9 Å². The number of hydrogen-bond donors (Lipinski definition) is 2. The van der Waals surface area contributed by atoms with E-state index in [9.17, 15) is 4.79 Å². The second-order valence-electron chi connectivity index (χ2n) is 7.51. The molecule has 164 valence electrons. The molecule has 4 aromatic rings. The molecule has 4 rings (SSSR count). The lowest BCUT2D eigenvalue weighted by atomic mass is 10.0. The quantitative estimate of drug-likeness (QED) is 0.307. The van der Waals surface area contributed by atoms with Gasteiger partial charge in [0.1, 0.15) is 17.9 Å². The average molecular weight is 431 g/mol. The van der Waals surface area contributed by atoms with Gasteiger partial charge < -0.3 is 25.4 Å². The predicted octanol–water partition coefficient (Wildman–Crippen LogP) is 4.83. The van der Waals surface area contributed by atoms with Crippen LogP contribution < -0.4 is 16.2 Å². The lowest BCUT2D eigenvalue weighted by Crippen LogP contribution is -2.09. The number of benzene rings is 3. The highest BCUT2D eigenvalue weighted by molar-refractivity contribution is 5.86. The Labute approximate surface area is 186 Å². The molecule has 6 nitrogen and oxygen atoms in total. The number of carbonyl (C=O) groups excluding carboxylic acids is 1. The molecule has 4 N–H and O–H groups in total. The average Bonchev–Trinajstić information content (AvgIpc) is 3.21. The van der Waals surface area contributed by atoms with E-state index < -0.39 is 0 Å². The molecule has 0 unspecified atom stereocenters. The number of nitrogens with two attached hydrogens (primary N) is 2. The summed E-state index contributed by atoms with van der Waals surface area (Å²) in [6.07, 6.45) is 1.82. The van der Waals surface area contributed by atoms with E-state index in [-0.39, 0.29) is 19.0 Å². The first-order chi connectivity index (χ1) is 15.6. The Hall–Kier alpha value is -3.77. The van der Waals surface area contributed by atoms with Gasteiger partial charge in [0.25, 0.3) is 0 Å². The van der Waals surface area contributed by atoms with Gasteiger partial charge in [0.05, 0.1) is 19.3 Å². The van der Waals surface area contributed by atoms with Crippen molar-refractivity contribution >= 4 is 22.6 Å². The lowest BCUT2D eigenvalue weighted by molar-refractivity contribution is -0.142. The summed E-state index contributed by atoms with van der Waals surface area (Å²) in [7, 11) is 0. The molecule has 0 radical (unpaired) electrons. The standard InChI is InChI=1S/C26H26N2O4/c1-2-30-26(29)12-20-6-8-22(28)13-25(20)32-16-21-15-31-24-9-7-19(11-23(21)24)18-5-3-4-17(10-18)14-27/h3-11,13,15H,2,12,14,16,27-28H2,1H3. The number of nitrogen functional groups attached to an aromatic ring is 1. The fourth-order valence-corrected chi connectivity index (χ4v) is 3.63. The third-order valence-electron chi connectivity index (χ3n) is 5.26. The smallest absolute Gasteiger partial charge is 0.310 e. The molecule has 32 heavy (non-hydrogen) atoms. The monoisotopic (exact) mass is 430 g/mol. The molecule has 0 saturated heterocycles. The molecule has 0 bridgehead atoms. The van der Waals surface area contributed by atoms with Gasteiger partial charge in [-0.15, -0.1) is 0 Å². The van der Waals surface area contributed by atoms with Gasteiger partial charge in [-0.05, 0) is 47.9 Å². The van der Waals surface area contributed by atoms with Crippen LogP contribution in [-0.4, -0.2) is 12.6 Å². The summed E-state index contributed by atoms with van der Waals surface area (Å²) in [6, 6.07) is 19.5. The number of hydrogen-bond acceptors (Lipinski definition) is 6. The minimum atomic E-state index is -0.305. The van der Waals surface area contributed by atoms with Gasteiger partial charge in [0, 0.05) is 34.8 Å². The molecule has 0 spiro atoms. The molecule has 0 amide bonds. The van der Waals surface area contributed by atoms with Crippen molar-refractivity contribution in [1.29, 1.82) is 0 Å². The molecule has 3 aromatic carbocycles. The highest BCUT2D eigenvalue weighted by Crippen LogP contribution is 2.30. The van der Waals surface area contributed by atoms with Crippen LogP contribution in [0.5, 0.6) is 5.75 Å². The molecule has 1 aromatic heterocycles. The second kappa shape index (κ2) is 9.58. The maximum Gasteiger partial charge on any atom is 0.310 e. The molecule has 0 atom stereocenters. The van der Waals surface area contributed by atoms with Gasteiger partial charge in [0.15, 0.2) is 0 Å². The summed E-state index contributed by atoms with van der Waals surface area (Å²) >= 11 is 0. The van der Waals surface area contributed by atoms with Crippen LogP contribution in [0.4, 0.5) is 5.69 Å². The molecule has 0 aliphatic heterocycles. The van der Waals surface area contributed by atoms with E-state index in [1.165, 1.54) is 0 Å². The Balaban J connectivity index is 1.59. The zero-order valence-electron chi connectivity index (χ0n) is 18.0. The Bertz CT molecular complexity index is 1250. The normalized spacial score (nSPS) is 10.9. The molecular formula is C26H26N2O4. The first kappa shape index (κ1) is 21.5. The minimum Gasteiger partial charge on any atom is -0.488 e. The Kier molecular flexibility index (Phi) is 6.42. The summed E-state index contributed by atoms with van der Waals surface area (Å²) in [5.41, 5.74) is 17.9. The number of carbonyl (C=O) groups is 1. The van der Waals surface area contributed by atoms with E-state index in [1.807, 2.05) is 24.3 Å². The van der Waals surface area contributed by atoms with E-state index in [0.29, 0.717) is 24.6 Å². The minimum absolute atomic E-state index is 0.122. The van der Waals surface area contributed by atoms with Gasteiger partial charge in [0.2, 0.25) is 0 Å². The lowest BCUT2D eigenvalue weighted by Gasteiger charge is -2.12. The SMILES string of the molecule is CCOC(=O)Cc1ccc(N)cc1OCc1coc2ccc(-c3cccc(CN)c3)cc12.